The first-order valence-electron chi connectivity index (χ1n) is 11.3. The normalized spacial score (nSPS) is 20.1. The van der Waals surface area contributed by atoms with Crippen molar-refractivity contribution in [1.82, 2.24) is 9.80 Å². The Morgan fingerprint density at radius 2 is 1.81 bits per heavy atom. The van der Waals surface area contributed by atoms with Crippen LogP contribution in [0.2, 0.25) is 0 Å². The number of carbonyl (C=O) groups is 2. The SMILES string of the molecule is CC(=O)N1C=Cc2ccccc2C1CC(=O)N1CCc2c(CN3CCCC3)cccc21. The van der Waals surface area contributed by atoms with Crippen LogP contribution in [0.25, 0.3) is 6.08 Å². The smallest absolute Gasteiger partial charge is 0.229 e. The van der Waals surface area contributed by atoms with Gasteiger partial charge in [-0.25, -0.2) is 0 Å². The fraction of sp³-hybridized carbons (Fsp3) is 0.385. The van der Waals surface area contributed by atoms with E-state index in [1.165, 1.54) is 37.1 Å². The molecule has 0 aliphatic carbocycles. The summed E-state index contributed by atoms with van der Waals surface area (Å²) in [4.78, 5) is 31.9. The Morgan fingerprint density at radius 1 is 1.00 bits per heavy atom. The first-order valence-corrected chi connectivity index (χ1v) is 11.3. The number of hydrogen-bond donors (Lipinski definition) is 0. The Hall–Kier alpha value is -2.92. The van der Waals surface area contributed by atoms with E-state index in [9.17, 15) is 9.59 Å². The van der Waals surface area contributed by atoms with Gasteiger partial charge in [0.1, 0.15) is 0 Å². The summed E-state index contributed by atoms with van der Waals surface area (Å²) >= 11 is 0. The molecule has 3 heterocycles. The van der Waals surface area contributed by atoms with E-state index >= 15 is 0 Å². The lowest BCUT2D eigenvalue weighted by molar-refractivity contribution is -0.129. The van der Waals surface area contributed by atoms with Crippen LogP contribution in [0, 0.1) is 0 Å². The fourth-order valence-corrected chi connectivity index (χ4v) is 5.28. The molecule has 1 atom stereocenters. The molecule has 0 aromatic heterocycles. The molecule has 3 aliphatic heterocycles. The molecule has 0 N–H and O–H groups in total. The first kappa shape index (κ1) is 20.0. The second-order valence-electron chi connectivity index (χ2n) is 8.78. The van der Waals surface area contributed by atoms with Crippen LogP contribution in [0.5, 0.6) is 0 Å². The average Bonchev–Trinajstić information content (AvgIpc) is 3.44. The monoisotopic (exact) mass is 415 g/mol. The van der Waals surface area contributed by atoms with Crippen LogP contribution >= 0.6 is 0 Å². The minimum Gasteiger partial charge on any atom is -0.312 e. The summed E-state index contributed by atoms with van der Waals surface area (Å²) in [6.07, 6.45) is 7.52. The first-order chi connectivity index (χ1) is 15.1. The topological polar surface area (TPSA) is 43.9 Å². The van der Waals surface area contributed by atoms with Crippen molar-refractivity contribution >= 4 is 23.6 Å². The molecule has 0 radical (unpaired) electrons. The van der Waals surface area contributed by atoms with Crippen molar-refractivity contribution in [2.24, 2.45) is 0 Å². The Morgan fingerprint density at radius 3 is 2.61 bits per heavy atom. The molecule has 0 spiro atoms. The summed E-state index contributed by atoms with van der Waals surface area (Å²) in [5, 5.41) is 0. The Labute approximate surface area is 183 Å². The van der Waals surface area contributed by atoms with Crippen molar-refractivity contribution in [3.63, 3.8) is 0 Å². The molecule has 3 aliphatic rings. The van der Waals surface area contributed by atoms with Gasteiger partial charge < -0.3 is 9.80 Å². The molecule has 2 aromatic rings. The Bertz CT molecular complexity index is 1040. The van der Waals surface area contributed by atoms with Crippen LogP contribution < -0.4 is 4.90 Å². The highest BCUT2D eigenvalue weighted by molar-refractivity contribution is 5.96. The molecule has 0 bridgehead atoms. The molecule has 1 saturated heterocycles. The molecule has 2 amide bonds. The number of hydrogen-bond acceptors (Lipinski definition) is 3. The highest BCUT2D eigenvalue weighted by Gasteiger charge is 2.33. The summed E-state index contributed by atoms with van der Waals surface area (Å²) in [6.45, 7) is 5.59. The van der Waals surface area contributed by atoms with Gasteiger partial charge >= 0.3 is 0 Å². The molecule has 5 rings (SSSR count). The van der Waals surface area contributed by atoms with Gasteiger partial charge in [-0.2, -0.15) is 0 Å². The number of amides is 2. The highest BCUT2D eigenvalue weighted by Crippen LogP contribution is 2.36. The second kappa shape index (κ2) is 8.31. The molecule has 5 heteroatoms. The quantitative estimate of drug-likeness (QED) is 0.754. The van der Waals surface area contributed by atoms with Crippen molar-refractivity contribution in [2.45, 2.75) is 45.2 Å². The number of nitrogens with zero attached hydrogens (tertiary/aromatic N) is 3. The van der Waals surface area contributed by atoms with Gasteiger partial charge in [0.2, 0.25) is 11.8 Å². The zero-order chi connectivity index (χ0) is 21.4. The molecule has 1 fully saturated rings. The van der Waals surface area contributed by atoms with E-state index in [4.69, 9.17) is 0 Å². The van der Waals surface area contributed by atoms with Crippen molar-refractivity contribution < 1.29 is 9.59 Å². The summed E-state index contributed by atoms with van der Waals surface area (Å²) in [5.74, 6) is 0.0386. The van der Waals surface area contributed by atoms with E-state index in [2.05, 4.69) is 23.1 Å². The van der Waals surface area contributed by atoms with Gasteiger partial charge in [0.15, 0.2) is 0 Å². The van der Waals surface area contributed by atoms with Crippen LogP contribution in [-0.2, 0) is 22.6 Å². The Balaban J connectivity index is 1.38. The standard InChI is InChI=1S/C26H29N3O2/c1-19(30)28-15-11-20-7-2-3-9-22(20)25(28)17-26(31)29-16-12-23-21(8-6-10-24(23)29)18-27-13-4-5-14-27/h2-3,6-11,15,25H,4-5,12-14,16-18H2,1H3. The van der Waals surface area contributed by atoms with Gasteiger partial charge in [-0.1, -0.05) is 36.4 Å². The second-order valence-corrected chi connectivity index (χ2v) is 8.78. The third-order valence-electron chi connectivity index (χ3n) is 6.86. The van der Waals surface area contributed by atoms with Crippen LogP contribution in [0.3, 0.4) is 0 Å². The zero-order valence-corrected chi connectivity index (χ0v) is 18.1. The predicted octanol–water partition coefficient (Wildman–Crippen LogP) is 4.14. The third-order valence-corrected chi connectivity index (χ3v) is 6.86. The number of anilines is 1. The summed E-state index contributed by atoms with van der Waals surface area (Å²) in [6, 6.07) is 14.1. The van der Waals surface area contributed by atoms with Crippen LogP contribution in [0.1, 0.15) is 54.5 Å². The van der Waals surface area contributed by atoms with Gasteiger partial charge in [0, 0.05) is 31.9 Å². The van der Waals surface area contributed by atoms with E-state index in [0.717, 1.165) is 36.3 Å². The number of carbonyl (C=O) groups excluding carboxylic acids is 2. The summed E-state index contributed by atoms with van der Waals surface area (Å²) in [7, 11) is 0. The molecule has 0 saturated carbocycles. The number of likely N-dealkylation sites (tertiary alicyclic amines) is 1. The molecule has 5 nitrogen and oxygen atoms in total. The molecule has 31 heavy (non-hydrogen) atoms. The maximum Gasteiger partial charge on any atom is 0.229 e. The van der Waals surface area contributed by atoms with Crippen molar-refractivity contribution in [2.75, 3.05) is 24.5 Å². The lowest BCUT2D eigenvalue weighted by atomic mass is 9.93. The third kappa shape index (κ3) is 3.79. The lowest BCUT2D eigenvalue weighted by Gasteiger charge is -2.33. The minimum atomic E-state index is -0.261. The number of benzene rings is 2. The van der Waals surface area contributed by atoms with Gasteiger partial charge in [0.25, 0.3) is 0 Å². The van der Waals surface area contributed by atoms with E-state index in [0.29, 0.717) is 0 Å². The fourth-order valence-electron chi connectivity index (χ4n) is 5.28. The Kier molecular flexibility index (Phi) is 5.36. The van der Waals surface area contributed by atoms with Gasteiger partial charge in [-0.3, -0.25) is 14.5 Å². The molecular weight excluding hydrogens is 386 g/mol. The lowest BCUT2D eigenvalue weighted by Crippen LogP contribution is -2.37. The van der Waals surface area contributed by atoms with Crippen molar-refractivity contribution in [3.05, 3.63) is 70.9 Å². The van der Waals surface area contributed by atoms with Crippen LogP contribution in [-0.4, -0.2) is 41.2 Å². The van der Waals surface area contributed by atoms with E-state index in [-0.39, 0.29) is 24.3 Å². The summed E-state index contributed by atoms with van der Waals surface area (Å²) < 4.78 is 0. The number of fused-ring (bicyclic) bond motifs is 2. The maximum absolute atomic E-state index is 13.5. The maximum atomic E-state index is 13.5. The minimum absolute atomic E-state index is 0.0433. The van der Waals surface area contributed by atoms with Gasteiger partial charge in [-0.15, -0.1) is 0 Å². The largest absolute Gasteiger partial charge is 0.312 e. The van der Waals surface area contributed by atoms with E-state index in [1.54, 1.807) is 11.8 Å². The predicted molar refractivity (Wildman–Crippen MR) is 122 cm³/mol. The molecule has 2 aromatic carbocycles. The average molecular weight is 416 g/mol. The van der Waals surface area contributed by atoms with Crippen molar-refractivity contribution in [3.8, 4) is 0 Å². The van der Waals surface area contributed by atoms with Crippen LogP contribution in [0.15, 0.2) is 48.7 Å². The summed E-state index contributed by atoms with van der Waals surface area (Å²) in [5.41, 5.74) is 5.83. The molecular formula is C26H29N3O2. The molecule has 1 unspecified atom stereocenters. The van der Waals surface area contributed by atoms with Gasteiger partial charge in [-0.05, 0) is 66.7 Å². The van der Waals surface area contributed by atoms with E-state index in [1.807, 2.05) is 41.4 Å². The highest BCUT2D eigenvalue weighted by atomic mass is 16.2. The van der Waals surface area contributed by atoms with Crippen molar-refractivity contribution in [1.29, 1.82) is 0 Å². The molecule has 160 valence electrons. The van der Waals surface area contributed by atoms with E-state index < -0.39 is 0 Å². The number of rotatable bonds is 4. The van der Waals surface area contributed by atoms with Gasteiger partial charge in [0.05, 0.1) is 12.5 Å². The zero-order valence-electron chi connectivity index (χ0n) is 18.1. The van der Waals surface area contributed by atoms with Crippen LogP contribution in [0.4, 0.5) is 5.69 Å².